The molecule has 0 spiro atoms. The molecule has 0 saturated carbocycles. The molecular formula is C13H24N2O3. The van der Waals surface area contributed by atoms with Gasteiger partial charge in [-0.25, -0.2) is 4.79 Å². The third-order valence-electron chi connectivity index (χ3n) is 3.67. The van der Waals surface area contributed by atoms with Crippen LogP contribution in [0.25, 0.3) is 0 Å². The molecule has 104 valence electrons. The number of aliphatic hydroxyl groups excluding tert-OH is 1. The van der Waals surface area contributed by atoms with Crippen molar-refractivity contribution in [2.45, 2.75) is 70.4 Å². The topological polar surface area (TPSA) is 61.8 Å². The Kier molecular flexibility index (Phi) is 3.56. The summed E-state index contributed by atoms with van der Waals surface area (Å²) in [5.74, 6) is 0. The van der Waals surface area contributed by atoms with Gasteiger partial charge < -0.3 is 15.2 Å². The van der Waals surface area contributed by atoms with Gasteiger partial charge in [0.05, 0.1) is 18.2 Å². The van der Waals surface area contributed by atoms with Crippen molar-refractivity contribution in [3.8, 4) is 0 Å². The normalized spacial score (nSPS) is 33.4. The number of nitrogens with zero attached hydrogens (tertiary/aromatic N) is 1. The highest BCUT2D eigenvalue weighted by Crippen LogP contribution is 2.32. The highest BCUT2D eigenvalue weighted by molar-refractivity contribution is 5.70. The minimum Gasteiger partial charge on any atom is -0.444 e. The fraction of sp³-hybridized carbons (Fsp3) is 0.923. The van der Waals surface area contributed by atoms with E-state index in [4.69, 9.17) is 4.74 Å². The molecule has 0 aromatic heterocycles. The first-order valence-electron chi connectivity index (χ1n) is 6.72. The van der Waals surface area contributed by atoms with Crippen molar-refractivity contribution >= 4 is 6.09 Å². The Morgan fingerprint density at radius 2 is 2.11 bits per heavy atom. The number of carbonyl (C=O) groups excluding carboxylic acids is 1. The Morgan fingerprint density at radius 1 is 1.44 bits per heavy atom. The molecule has 2 saturated heterocycles. The Labute approximate surface area is 108 Å². The number of hydrogen-bond acceptors (Lipinski definition) is 4. The highest BCUT2D eigenvalue weighted by Gasteiger charge is 2.47. The minimum absolute atomic E-state index is 0.0451. The van der Waals surface area contributed by atoms with E-state index in [1.165, 1.54) is 0 Å². The molecule has 0 aliphatic carbocycles. The molecule has 0 aromatic rings. The van der Waals surface area contributed by atoms with Crippen LogP contribution in [0, 0.1) is 0 Å². The van der Waals surface area contributed by atoms with Crippen LogP contribution in [0.1, 0.15) is 40.5 Å². The molecule has 1 unspecified atom stereocenters. The van der Waals surface area contributed by atoms with Crippen LogP contribution in [0.3, 0.4) is 0 Å². The van der Waals surface area contributed by atoms with E-state index in [0.29, 0.717) is 0 Å². The quantitative estimate of drug-likeness (QED) is 0.737. The lowest BCUT2D eigenvalue weighted by Gasteiger charge is -2.42. The Balaban J connectivity index is 2.10. The van der Waals surface area contributed by atoms with E-state index >= 15 is 0 Å². The molecule has 2 N–H and O–H groups in total. The van der Waals surface area contributed by atoms with Gasteiger partial charge in [-0.2, -0.15) is 0 Å². The lowest BCUT2D eigenvalue weighted by molar-refractivity contribution is -0.00704. The SMILES string of the molecule is CC(O)[C@@H]1NC[C@H]2CC[C@@H]1N2C(=O)OC(C)(C)C. The molecule has 2 heterocycles. The molecule has 5 heteroatoms. The van der Waals surface area contributed by atoms with Crippen molar-refractivity contribution in [1.82, 2.24) is 10.2 Å². The standard InChI is InChI=1S/C13H24N2O3/c1-8(16)11-10-6-5-9(7-14-11)15(10)12(17)18-13(2,3)4/h8-11,14,16H,5-7H2,1-4H3/t8?,9-,10+,11+/m1/s1. The van der Waals surface area contributed by atoms with Crippen molar-refractivity contribution in [1.29, 1.82) is 0 Å². The van der Waals surface area contributed by atoms with Crippen molar-refractivity contribution in [2.24, 2.45) is 0 Å². The second kappa shape index (κ2) is 4.70. The predicted molar refractivity (Wildman–Crippen MR) is 68.4 cm³/mol. The van der Waals surface area contributed by atoms with Gasteiger partial charge in [0.25, 0.3) is 0 Å². The number of piperazine rings is 1. The smallest absolute Gasteiger partial charge is 0.410 e. The van der Waals surface area contributed by atoms with Crippen molar-refractivity contribution < 1.29 is 14.6 Å². The van der Waals surface area contributed by atoms with Crippen LogP contribution in [-0.2, 0) is 4.74 Å². The summed E-state index contributed by atoms with van der Waals surface area (Å²) in [7, 11) is 0. The Hall–Kier alpha value is -0.810. The van der Waals surface area contributed by atoms with E-state index in [2.05, 4.69) is 5.32 Å². The van der Waals surface area contributed by atoms with E-state index in [1.54, 1.807) is 6.92 Å². The molecule has 2 rings (SSSR count). The van der Waals surface area contributed by atoms with E-state index < -0.39 is 11.7 Å². The third-order valence-corrected chi connectivity index (χ3v) is 3.67. The van der Waals surface area contributed by atoms with Gasteiger partial charge in [-0.3, -0.25) is 4.90 Å². The van der Waals surface area contributed by atoms with Crippen LogP contribution in [0.2, 0.25) is 0 Å². The molecule has 2 aliphatic heterocycles. The van der Waals surface area contributed by atoms with Crippen molar-refractivity contribution in [3.05, 3.63) is 0 Å². The molecule has 2 bridgehead atoms. The summed E-state index contributed by atoms with van der Waals surface area (Å²) in [4.78, 5) is 14.1. The molecular weight excluding hydrogens is 232 g/mol. The van der Waals surface area contributed by atoms with Crippen LogP contribution in [0.5, 0.6) is 0 Å². The number of amides is 1. The van der Waals surface area contributed by atoms with Crippen LogP contribution < -0.4 is 5.32 Å². The van der Waals surface area contributed by atoms with E-state index in [9.17, 15) is 9.90 Å². The number of hydrogen-bond donors (Lipinski definition) is 2. The Morgan fingerprint density at radius 3 is 2.67 bits per heavy atom. The van der Waals surface area contributed by atoms with Gasteiger partial charge in [0, 0.05) is 12.6 Å². The molecule has 4 atom stereocenters. The number of aliphatic hydroxyl groups is 1. The van der Waals surface area contributed by atoms with Crippen LogP contribution in [0.15, 0.2) is 0 Å². The fourth-order valence-electron chi connectivity index (χ4n) is 2.96. The number of fused-ring (bicyclic) bond motifs is 2. The lowest BCUT2D eigenvalue weighted by atomic mass is 10.0. The second-order valence-electron chi connectivity index (χ2n) is 6.36. The molecule has 1 amide bonds. The highest BCUT2D eigenvalue weighted by atomic mass is 16.6. The number of nitrogens with one attached hydrogen (secondary N) is 1. The minimum atomic E-state index is -0.471. The van der Waals surface area contributed by atoms with Gasteiger partial charge in [0.2, 0.25) is 0 Å². The van der Waals surface area contributed by atoms with Gasteiger partial charge >= 0.3 is 6.09 Å². The van der Waals surface area contributed by atoms with Gasteiger partial charge in [-0.1, -0.05) is 0 Å². The van der Waals surface area contributed by atoms with Gasteiger partial charge in [-0.05, 0) is 40.5 Å². The predicted octanol–water partition coefficient (Wildman–Crippen LogP) is 1.11. The molecule has 2 fully saturated rings. The average molecular weight is 256 g/mol. The monoisotopic (exact) mass is 256 g/mol. The summed E-state index contributed by atoms with van der Waals surface area (Å²) in [6, 6.07) is 0.217. The zero-order valence-corrected chi connectivity index (χ0v) is 11.6. The maximum atomic E-state index is 12.2. The van der Waals surface area contributed by atoms with Crippen LogP contribution in [-0.4, -0.2) is 52.5 Å². The summed E-state index contributed by atoms with van der Waals surface area (Å²) in [6.07, 6.45) is 1.22. The van der Waals surface area contributed by atoms with Crippen LogP contribution in [0.4, 0.5) is 4.79 Å². The molecule has 18 heavy (non-hydrogen) atoms. The third kappa shape index (κ3) is 2.62. The van der Waals surface area contributed by atoms with E-state index in [-0.39, 0.29) is 24.2 Å². The molecule has 5 nitrogen and oxygen atoms in total. The van der Waals surface area contributed by atoms with Gasteiger partial charge in [0.1, 0.15) is 5.60 Å². The number of rotatable bonds is 1. The van der Waals surface area contributed by atoms with Crippen molar-refractivity contribution in [3.63, 3.8) is 0 Å². The second-order valence-corrected chi connectivity index (χ2v) is 6.36. The number of carbonyl (C=O) groups is 1. The summed E-state index contributed by atoms with van der Waals surface area (Å²) in [6.45, 7) is 8.14. The first-order chi connectivity index (χ1) is 8.29. The largest absolute Gasteiger partial charge is 0.444 e. The van der Waals surface area contributed by atoms with Crippen LogP contribution >= 0.6 is 0 Å². The molecule has 0 radical (unpaired) electrons. The van der Waals surface area contributed by atoms with Crippen molar-refractivity contribution in [2.75, 3.05) is 6.54 Å². The van der Waals surface area contributed by atoms with E-state index in [0.717, 1.165) is 19.4 Å². The van der Waals surface area contributed by atoms with E-state index in [1.807, 2.05) is 25.7 Å². The fourth-order valence-corrected chi connectivity index (χ4v) is 2.96. The zero-order valence-electron chi connectivity index (χ0n) is 11.6. The van der Waals surface area contributed by atoms with Gasteiger partial charge in [0.15, 0.2) is 0 Å². The Bertz CT molecular complexity index is 325. The lowest BCUT2D eigenvalue weighted by Crippen LogP contribution is -2.63. The summed E-state index contributed by atoms with van der Waals surface area (Å²) in [5, 5.41) is 13.1. The number of ether oxygens (including phenoxy) is 1. The summed E-state index contributed by atoms with van der Waals surface area (Å²) in [5.41, 5.74) is -0.471. The summed E-state index contributed by atoms with van der Waals surface area (Å²) < 4.78 is 5.46. The average Bonchev–Trinajstić information content (AvgIpc) is 2.49. The first kappa shape index (κ1) is 13.6. The summed E-state index contributed by atoms with van der Waals surface area (Å²) >= 11 is 0. The molecule has 0 aromatic carbocycles. The van der Waals surface area contributed by atoms with Gasteiger partial charge in [-0.15, -0.1) is 0 Å². The maximum absolute atomic E-state index is 12.2. The zero-order chi connectivity index (χ0) is 13.5. The maximum Gasteiger partial charge on any atom is 0.410 e. The molecule has 2 aliphatic rings. The first-order valence-corrected chi connectivity index (χ1v) is 6.72.